The first-order valence-electron chi connectivity index (χ1n) is 6.73. The fourth-order valence-electron chi connectivity index (χ4n) is 2.22. The van der Waals surface area contributed by atoms with E-state index in [1.807, 2.05) is 61.0 Å². The molecule has 0 radical (unpaired) electrons. The summed E-state index contributed by atoms with van der Waals surface area (Å²) in [4.78, 5) is 22.1. The Hall–Kier alpha value is -2.68. The lowest BCUT2D eigenvalue weighted by atomic mass is 10.2. The highest BCUT2D eigenvalue weighted by molar-refractivity contribution is 5.99. The van der Waals surface area contributed by atoms with Crippen molar-refractivity contribution < 1.29 is 9.59 Å². The first kappa shape index (κ1) is 14.7. The minimum absolute atomic E-state index is 0.601. The largest absolute Gasteiger partial charge is 0.320 e. The summed E-state index contributed by atoms with van der Waals surface area (Å²) >= 11 is 0. The van der Waals surface area contributed by atoms with Crippen molar-refractivity contribution in [2.75, 3.05) is 0 Å². The maximum Gasteiger partial charge on any atom is 0.152 e. The SMILES string of the molecule is C\C=C/C(C=O)=C\C=C(/C)n1cc(C=O)c2ccccc21. The average Bonchev–Trinajstić information content (AvgIpc) is 2.90. The van der Waals surface area contributed by atoms with Crippen LogP contribution in [0.3, 0.4) is 0 Å². The van der Waals surface area contributed by atoms with E-state index in [1.165, 1.54) is 0 Å². The van der Waals surface area contributed by atoms with Crippen molar-refractivity contribution in [3.8, 4) is 0 Å². The predicted molar refractivity (Wildman–Crippen MR) is 86.2 cm³/mol. The molecule has 0 unspecified atom stereocenters. The molecule has 0 fully saturated rings. The van der Waals surface area contributed by atoms with Gasteiger partial charge in [-0.2, -0.15) is 0 Å². The van der Waals surface area contributed by atoms with Crippen LogP contribution in [-0.2, 0) is 4.79 Å². The zero-order chi connectivity index (χ0) is 15.2. The van der Waals surface area contributed by atoms with Crippen LogP contribution in [0.2, 0.25) is 0 Å². The highest BCUT2D eigenvalue weighted by Crippen LogP contribution is 2.23. The number of carbonyl (C=O) groups is 2. The Morgan fingerprint density at radius 3 is 2.57 bits per heavy atom. The van der Waals surface area contributed by atoms with Crippen molar-refractivity contribution in [2.45, 2.75) is 13.8 Å². The number of aromatic nitrogens is 1. The van der Waals surface area contributed by atoms with Crippen LogP contribution in [0.4, 0.5) is 0 Å². The molecule has 2 rings (SSSR count). The maximum absolute atomic E-state index is 11.2. The van der Waals surface area contributed by atoms with Gasteiger partial charge >= 0.3 is 0 Å². The molecule has 0 aliphatic heterocycles. The topological polar surface area (TPSA) is 39.1 Å². The van der Waals surface area contributed by atoms with E-state index in [0.29, 0.717) is 11.1 Å². The third kappa shape index (κ3) is 3.08. The summed E-state index contributed by atoms with van der Waals surface area (Å²) in [5.74, 6) is 0. The van der Waals surface area contributed by atoms with Gasteiger partial charge in [-0.25, -0.2) is 0 Å². The van der Waals surface area contributed by atoms with Gasteiger partial charge in [0, 0.05) is 28.4 Å². The van der Waals surface area contributed by atoms with Crippen molar-refractivity contribution >= 4 is 29.2 Å². The van der Waals surface area contributed by atoms with Gasteiger partial charge in [0.15, 0.2) is 6.29 Å². The zero-order valence-electron chi connectivity index (χ0n) is 12.1. The second-order valence-electron chi connectivity index (χ2n) is 4.68. The number of para-hydroxylation sites is 1. The van der Waals surface area contributed by atoms with E-state index in [0.717, 1.165) is 29.2 Å². The van der Waals surface area contributed by atoms with Gasteiger partial charge in [-0.3, -0.25) is 9.59 Å². The molecule has 0 amide bonds. The molecule has 21 heavy (non-hydrogen) atoms. The molecule has 106 valence electrons. The molecule has 0 atom stereocenters. The molecule has 3 heteroatoms. The Balaban J connectivity index is 2.51. The highest BCUT2D eigenvalue weighted by Gasteiger charge is 2.07. The summed E-state index contributed by atoms with van der Waals surface area (Å²) in [7, 11) is 0. The van der Waals surface area contributed by atoms with Gasteiger partial charge in [0.2, 0.25) is 0 Å². The molecule has 0 N–H and O–H groups in total. The number of fused-ring (bicyclic) bond motifs is 1. The quantitative estimate of drug-likeness (QED) is 0.471. The van der Waals surface area contributed by atoms with Crippen molar-refractivity contribution in [2.24, 2.45) is 0 Å². The van der Waals surface area contributed by atoms with Crippen LogP contribution in [0.25, 0.3) is 16.6 Å². The summed E-state index contributed by atoms with van der Waals surface area (Å²) in [6.07, 6.45) is 10.7. The molecule has 3 nitrogen and oxygen atoms in total. The lowest BCUT2D eigenvalue weighted by molar-refractivity contribution is -0.104. The van der Waals surface area contributed by atoms with Gasteiger partial charge in [0.1, 0.15) is 6.29 Å². The minimum atomic E-state index is 0.601. The van der Waals surface area contributed by atoms with E-state index in [9.17, 15) is 9.59 Å². The third-order valence-electron chi connectivity index (χ3n) is 3.26. The van der Waals surface area contributed by atoms with E-state index in [-0.39, 0.29) is 0 Å². The van der Waals surface area contributed by atoms with Crippen LogP contribution < -0.4 is 0 Å². The number of aldehydes is 2. The third-order valence-corrected chi connectivity index (χ3v) is 3.26. The number of rotatable bonds is 5. The summed E-state index contributed by atoms with van der Waals surface area (Å²) in [6, 6.07) is 7.74. The monoisotopic (exact) mass is 279 g/mol. The Labute approximate surface area is 123 Å². The molecule has 0 aliphatic carbocycles. The minimum Gasteiger partial charge on any atom is -0.320 e. The number of hydrogen-bond donors (Lipinski definition) is 0. The standard InChI is InChI=1S/C18H17NO2/c1-3-6-15(12-20)10-9-14(2)19-11-16(13-21)17-7-4-5-8-18(17)19/h3-13H,1-2H3/b6-3-,14-9+,15-10+. The average molecular weight is 279 g/mol. The molecular weight excluding hydrogens is 262 g/mol. The fourth-order valence-corrected chi connectivity index (χ4v) is 2.22. The van der Waals surface area contributed by atoms with Crippen LogP contribution in [-0.4, -0.2) is 17.1 Å². The summed E-state index contributed by atoms with van der Waals surface area (Å²) < 4.78 is 1.95. The van der Waals surface area contributed by atoms with Gasteiger partial charge in [-0.15, -0.1) is 0 Å². The molecule has 0 saturated carbocycles. The Bertz CT molecular complexity index is 761. The lowest BCUT2D eigenvalue weighted by Crippen LogP contribution is -1.90. The number of benzene rings is 1. The fraction of sp³-hybridized carbons (Fsp3) is 0.111. The van der Waals surface area contributed by atoms with Gasteiger partial charge in [0.25, 0.3) is 0 Å². The van der Waals surface area contributed by atoms with Gasteiger partial charge in [0.05, 0.1) is 5.52 Å². The second-order valence-corrected chi connectivity index (χ2v) is 4.68. The number of allylic oxidation sites excluding steroid dienone is 6. The maximum atomic E-state index is 11.2. The first-order valence-corrected chi connectivity index (χ1v) is 6.73. The molecule has 1 aromatic heterocycles. The van der Waals surface area contributed by atoms with Crippen LogP contribution in [0.15, 0.2) is 60.3 Å². The number of carbonyl (C=O) groups excluding carboxylic acids is 2. The second kappa shape index (κ2) is 6.66. The molecule has 0 aliphatic rings. The Morgan fingerprint density at radius 1 is 1.14 bits per heavy atom. The summed E-state index contributed by atoms with van der Waals surface area (Å²) in [5.41, 5.74) is 3.17. The van der Waals surface area contributed by atoms with Crippen molar-refractivity contribution in [3.63, 3.8) is 0 Å². The van der Waals surface area contributed by atoms with Crippen LogP contribution in [0.1, 0.15) is 24.2 Å². The smallest absolute Gasteiger partial charge is 0.152 e. The lowest BCUT2D eigenvalue weighted by Gasteiger charge is -2.04. The van der Waals surface area contributed by atoms with E-state index in [4.69, 9.17) is 0 Å². The Morgan fingerprint density at radius 2 is 1.90 bits per heavy atom. The number of hydrogen-bond acceptors (Lipinski definition) is 2. The van der Waals surface area contributed by atoms with Crippen molar-refractivity contribution in [1.82, 2.24) is 4.57 Å². The number of nitrogens with zero attached hydrogens (tertiary/aromatic N) is 1. The van der Waals surface area contributed by atoms with E-state index < -0.39 is 0 Å². The molecule has 1 heterocycles. The Kier molecular flexibility index (Phi) is 4.67. The molecule has 0 bridgehead atoms. The van der Waals surface area contributed by atoms with E-state index in [1.54, 1.807) is 12.2 Å². The van der Waals surface area contributed by atoms with Gasteiger partial charge < -0.3 is 4.57 Å². The first-order chi connectivity index (χ1) is 10.2. The van der Waals surface area contributed by atoms with E-state index >= 15 is 0 Å². The van der Waals surface area contributed by atoms with E-state index in [2.05, 4.69) is 0 Å². The molecule has 2 aromatic rings. The highest BCUT2D eigenvalue weighted by atomic mass is 16.1. The van der Waals surface area contributed by atoms with Gasteiger partial charge in [-0.05, 0) is 32.1 Å². The van der Waals surface area contributed by atoms with Crippen molar-refractivity contribution in [3.05, 3.63) is 65.9 Å². The zero-order valence-corrected chi connectivity index (χ0v) is 12.1. The van der Waals surface area contributed by atoms with Crippen LogP contribution in [0, 0.1) is 0 Å². The molecule has 1 aromatic carbocycles. The van der Waals surface area contributed by atoms with Crippen molar-refractivity contribution in [1.29, 1.82) is 0 Å². The molecule has 0 saturated heterocycles. The van der Waals surface area contributed by atoms with Gasteiger partial charge in [-0.1, -0.05) is 30.4 Å². The molecular formula is C18H17NO2. The van der Waals surface area contributed by atoms with Crippen LogP contribution in [0.5, 0.6) is 0 Å². The predicted octanol–water partition coefficient (Wildman–Crippen LogP) is 4.02. The normalized spacial score (nSPS) is 13.0. The molecule has 0 spiro atoms. The van der Waals surface area contributed by atoms with Crippen LogP contribution >= 0.6 is 0 Å². The summed E-state index contributed by atoms with van der Waals surface area (Å²) in [5, 5.41) is 0.924. The summed E-state index contributed by atoms with van der Waals surface area (Å²) in [6.45, 7) is 3.80.